The molecule has 1 atom stereocenters. The van der Waals surface area contributed by atoms with Crippen LogP contribution in [0.5, 0.6) is 0 Å². The van der Waals surface area contributed by atoms with Gasteiger partial charge in [0.2, 0.25) is 10.0 Å². The predicted molar refractivity (Wildman–Crippen MR) is 81.6 cm³/mol. The van der Waals surface area contributed by atoms with E-state index in [2.05, 4.69) is 4.72 Å². The van der Waals surface area contributed by atoms with Gasteiger partial charge < -0.3 is 14.7 Å². The molecule has 0 bridgehead atoms. The number of hydrogen-bond donors (Lipinski definition) is 2. The van der Waals surface area contributed by atoms with E-state index in [9.17, 15) is 13.5 Å². The van der Waals surface area contributed by atoms with Crippen molar-refractivity contribution in [2.45, 2.75) is 17.9 Å². The van der Waals surface area contributed by atoms with Crippen molar-refractivity contribution < 1.29 is 18.3 Å². The van der Waals surface area contributed by atoms with Gasteiger partial charge in [0.05, 0.1) is 24.2 Å². The molecule has 6 nitrogen and oxygen atoms in total. The quantitative estimate of drug-likeness (QED) is 0.652. The maximum atomic E-state index is 12.0. The van der Waals surface area contributed by atoms with Crippen LogP contribution < -0.4 is 4.72 Å². The number of ether oxygens (including phenoxy) is 1. The van der Waals surface area contributed by atoms with Gasteiger partial charge in [-0.25, -0.2) is 13.1 Å². The summed E-state index contributed by atoms with van der Waals surface area (Å²) in [7, 11) is 0.366. The van der Waals surface area contributed by atoms with Crippen LogP contribution in [0, 0.1) is 0 Å². The zero-order valence-electron chi connectivity index (χ0n) is 12.7. The third-order valence-corrected chi connectivity index (χ3v) is 4.37. The van der Waals surface area contributed by atoms with Crippen LogP contribution in [-0.4, -0.2) is 58.8 Å². The number of aliphatic hydroxyl groups excluding tert-OH is 1. The van der Waals surface area contributed by atoms with Crippen molar-refractivity contribution in [1.29, 1.82) is 0 Å². The molecule has 21 heavy (non-hydrogen) atoms. The Morgan fingerprint density at radius 1 is 1.24 bits per heavy atom. The second-order valence-corrected chi connectivity index (χ2v) is 6.83. The Hall–Kier alpha value is -0.990. The van der Waals surface area contributed by atoms with Crippen LogP contribution in [-0.2, 0) is 14.8 Å². The van der Waals surface area contributed by atoms with Gasteiger partial charge >= 0.3 is 0 Å². The second-order valence-electron chi connectivity index (χ2n) is 5.06. The van der Waals surface area contributed by atoms with E-state index in [1.807, 2.05) is 19.0 Å². The molecular formula is C14H24N2O4S. The van der Waals surface area contributed by atoms with Crippen LogP contribution in [0.1, 0.15) is 18.6 Å². The maximum Gasteiger partial charge on any atom is 0.240 e. The van der Waals surface area contributed by atoms with Gasteiger partial charge in [0.1, 0.15) is 0 Å². The zero-order chi connectivity index (χ0) is 15.9. The molecule has 0 amide bonds. The van der Waals surface area contributed by atoms with E-state index in [4.69, 9.17) is 4.74 Å². The molecule has 1 aromatic rings. The van der Waals surface area contributed by atoms with Gasteiger partial charge in [-0.3, -0.25) is 0 Å². The number of hydrogen-bond acceptors (Lipinski definition) is 5. The number of nitrogens with zero attached hydrogens (tertiary/aromatic N) is 1. The Morgan fingerprint density at radius 2 is 1.86 bits per heavy atom. The fourth-order valence-corrected chi connectivity index (χ4v) is 2.62. The number of likely N-dealkylation sites (N-methyl/N-ethyl adjacent to an activating group) is 1. The van der Waals surface area contributed by atoms with Gasteiger partial charge in [0.25, 0.3) is 0 Å². The summed E-state index contributed by atoms with van der Waals surface area (Å²) in [5.74, 6) is 0. The number of sulfonamides is 1. The molecule has 7 heteroatoms. The van der Waals surface area contributed by atoms with Crippen LogP contribution in [0.15, 0.2) is 29.2 Å². The Balaban J connectivity index is 2.43. The molecule has 0 aromatic heterocycles. The van der Waals surface area contributed by atoms with Crippen LogP contribution in [0.25, 0.3) is 0 Å². The lowest BCUT2D eigenvalue weighted by Gasteiger charge is -2.11. The van der Waals surface area contributed by atoms with Crippen molar-refractivity contribution in [3.63, 3.8) is 0 Å². The van der Waals surface area contributed by atoms with Gasteiger partial charge in [-0.15, -0.1) is 0 Å². The van der Waals surface area contributed by atoms with Crippen molar-refractivity contribution in [3.05, 3.63) is 29.8 Å². The molecule has 0 spiro atoms. The highest BCUT2D eigenvalue weighted by Gasteiger charge is 2.13. The minimum absolute atomic E-state index is 0.181. The third kappa shape index (κ3) is 6.54. The smallest absolute Gasteiger partial charge is 0.240 e. The number of benzene rings is 1. The topological polar surface area (TPSA) is 78.9 Å². The lowest BCUT2D eigenvalue weighted by Crippen LogP contribution is -2.28. The van der Waals surface area contributed by atoms with Crippen LogP contribution in [0.2, 0.25) is 0 Å². The number of aliphatic hydroxyl groups is 1. The van der Waals surface area contributed by atoms with Gasteiger partial charge in [-0.05, 0) is 38.7 Å². The van der Waals surface area contributed by atoms with Crippen molar-refractivity contribution in [3.8, 4) is 0 Å². The summed E-state index contributed by atoms with van der Waals surface area (Å²) in [4.78, 5) is 2.17. The summed E-state index contributed by atoms with van der Waals surface area (Å²) in [6, 6.07) is 6.17. The first kappa shape index (κ1) is 18.1. The van der Waals surface area contributed by atoms with E-state index in [0.717, 1.165) is 6.54 Å². The van der Waals surface area contributed by atoms with Gasteiger partial charge in [-0.1, -0.05) is 12.1 Å². The highest BCUT2D eigenvalue weighted by Crippen LogP contribution is 2.15. The molecule has 0 fully saturated rings. The maximum absolute atomic E-state index is 12.0. The highest BCUT2D eigenvalue weighted by atomic mass is 32.2. The van der Waals surface area contributed by atoms with Gasteiger partial charge in [0.15, 0.2) is 0 Å². The largest absolute Gasteiger partial charge is 0.389 e. The van der Waals surface area contributed by atoms with E-state index >= 15 is 0 Å². The Kier molecular flexibility index (Phi) is 7.27. The summed E-state index contributed by atoms with van der Waals surface area (Å²) in [6.07, 6.45) is -0.611. The molecule has 0 aliphatic carbocycles. The van der Waals surface area contributed by atoms with Crippen molar-refractivity contribution in [2.24, 2.45) is 0 Å². The first-order valence-corrected chi connectivity index (χ1v) is 8.31. The second kappa shape index (κ2) is 8.45. The average Bonchev–Trinajstić information content (AvgIpc) is 2.42. The van der Waals surface area contributed by atoms with Gasteiger partial charge in [0, 0.05) is 13.1 Å². The molecule has 0 aliphatic rings. The molecule has 0 radical (unpaired) electrons. The summed E-state index contributed by atoms with van der Waals surface area (Å²) >= 11 is 0. The molecule has 120 valence electrons. The molecule has 0 heterocycles. The Morgan fingerprint density at radius 3 is 2.38 bits per heavy atom. The molecule has 1 rings (SSSR count). The van der Waals surface area contributed by atoms with Gasteiger partial charge in [-0.2, -0.15) is 0 Å². The van der Waals surface area contributed by atoms with E-state index in [1.54, 1.807) is 19.1 Å². The first-order valence-electron chi connectivity index (χ1n) is 6.83. The minimum atomic E-state index is -3.53. The molecule has 0 aliphatic heterocycles. The van der Waals surface area contributed by atoms with Crippen LogP contribution in [0.3, 0.4) is 0 Å². The average molecular weight is 316 g/mol. The van der Waals surface area contributed by atoms with E-state index in [1.165, 1.54) is 12.1 Å². The Labute approximate surface area is 126 Å². The molecule has 0 saturated heterocycles. The fourth-order valence-electron chi connectivity index (χ4n) is 1.61. The lowest BCUT2D eigenvalue weighted by atomic mass is 10.1. The minimum Gasteiger partial charge on any atom is -0.389 e. The van der Waals surface area contributed by atoms with Crippen LogP contribution in [0.4, 0.5) is 0 Å². The lowest BCUT2D eigenvalue weighted by molar-refractivity contribution is 0.122. The number of nitrogens with one attached hydrogen (secondary N) is 1. The number of rotatable bonds is 9. The molecule has 1 aromatic carbocycles. The summed E-state index contributed by atoms with van der Waals surface area (Å²) in [5.41, 5.74) is 0.681. The van der Waals surface area contributed by atoms with Crippen molar-refractivity contribution in [1.82, 2.24) is 9.62 Å². The third-order valence-electron chi connectivity index (χ3n) is 2.89. The van der Waals surface area contributed by atoms with E-state index in [0.29, 0.717) is 18.8 Å². The van der Waals surface area contributed by atoms with Crippen molar-refractivity contribution >= 4 is 10.0 Å². The summed E-state index contributed by atoms with van der Waals surface area (Å²) < 4.78 is 31.8. The molecule has 2 N–H and O–H groups in total. The fraction of sp³-hybridized carbons (Fsp3) is 0.571. The summed E-state index contributed by atoms with van der Waals surface area (Å²) in [6.45, 7) is 3.56. The Bertz CT molecular complexity index is 512. The predicted octanol–water partition coefficient (Wildman–Crippen LogP) is 0.596. The monoisotopic (exact) mass is 316 g/mol. The van der Waals surface area contributed by atoms with E-state index in [-0.39, 0.29) is 11.4 Å². The highest BCUT2D eigenvalue weighted by molar-refractivity contribution is 7.89. The molecular weight excluding hydrogens is 292 g/mol. The zero-order valence-corrected chi connectivity index (χ0v) is 13.6. The van der Waals surface area contributed by atoms with E-state index < -0.39 is 16.1 Å². The normalized spacial score (nSPS) is 13.6. The summed E-state index contributed by atoms with van der Waals surface area (Å²) in [5, 5.41) is 9.40. The SMILES string of the molecule is CC(O)c1ccc(S(=O)(=O)NCCOCCN(C)C)cc1. The van der Waals surface area contributed by atoms with Crippen molar-refractivity contribution in [2.75, 3.05) is 40.4 Å². The van der Waals surface area contributed by atoms with Crippen LogP contribution >= 0.6 is 0 Å². The standard InChI is InChI=1S/C14H24N2O4S/c1-12(17)13-4-6-14(7-5-13)21(18,19)15-8-10-20-11-9-16(2)3/h4-7,12,15,17H,8-11H2,1-3H3. The molecule has 1 unspecified atom stereocenters. The first-order chi connectivity index (χ1) is 9.83. The molecule has 0 saturated carbocycles.